The van der Waals surface area contributed by atoms with E-state index in [0.29, 0.717) is 31.3 Å². The first kappa shape index (κ1) is 16.2. The second-order valence-corrected chi connectivity index (χ2v) is 6.85. The standard InChI is InChI=1S/C18H24N6O/c25-15(11-13-3-1-2-4-13)20-9-10-24-18-17(21-7-8-22-18)16(23-24)14-5-6-19-12-14/h1,3,7-8,13-14,19H,2,4-6,9-12H2,(H,20,25)/t13-,14-/m0/s1. The van der Waals surface area contributed by atoms with Gasteiger partial charge < -0.3 is 10.6 Å². The number of carbonyl (C=O) groups is 1. The van der Waals surface area contributed by atoms with Crippen LogP contribution in [0.1, 0.15) is 37.3 Å². The lowest BCUT2D eigenvalue weighted by Crippen LogP contribution is -2.28. The summed E-state index contributed by atoms with van der Waals surface area (Å²) in [6.45, 7) is 3.13. The number of amides is 1. The predicted molar refractivity (Wildman–Crippen MR) is 95.0 cm³/mol. The summed E-state index contributed by atoms with van der Waals surface area (Å²) in [4.78, 5) is 21.0. The monoisotopic (exact) mass is 340 g/mol. The van der Waals surface area contributed by atoms with Crippen molar-refractivity contribution in [3.63, 3.8) is 0 Å². The van der Waals surface area contributed by atoms with Crippen molar-refractivity contribution in [1.29, 1.82) is 0 Å². The molecule has 2 aromatic heterocycles. The summed E-state index contributed by atoms with van der Waals surface area (Å²) < 4.78 is 1.88. The molecule has 1 saturated heterocycles. The van der Waals surface area contributed by atoms with Crippen molar-refractivity contribution in [3.8, 4) is 0 Å². The lowest BCUT2D eigenvalue weighted by atomic mass is 10.0. The van der Waals surface area contributed by atoms with Gasteiger partial charge in [-0.3, -0.25) is 4.79 Å². The Hall–Kier alpha value is -2.28. The van der Waals surface area contributed by atoms with Crippen LogP contribution in [-0.4, -0.2) is 45.3 Å². The maximum Gasteiger partial charge on any atom is 0.220 e. The molecule has 0 spiro atoms. The third-order valence-electron chi connectivity index (χ3n) is 5.05. The molecule has 7 heteroatoms. The first-order valence-corrected chi connectivity index (χ1v) is 9.13. The van der Waals surface area contributed by atoms with E-state index in [-0.39, 0.29) is 5.91 Å². The fourth-order valence-electron chi connectivity index (χ4n) is 3.72. The molecule has 3 heterocycles. The molecule has 2 aromatic rings. The van der Waals surface area contributed by atoms with Crippen LogP contribution in [-0.2, 0) is 11.3 Å². The van der Waals surface area contributed by atoms with Crippen molar-refractivity contribution in [2.24, 2.45) is 5.92 Å². The summed E-state index contributed by atoms with van der Waals surface area (Å²) in [5, 5.41) is 11.1. The Bertz CT molecular complexity index is 777. The second-order valence-electron chi connectivity index (χ2n) is 6.85. The van der Waals surface area contributed by atoms with Gasteiger partial charge in [-0.25, -0.2) is 14.6 Å². The lowest BCUT2D eigenvalue weighted by Gasteiger charge is -2.09. The topological polar surface area (TPSA) is 84.7 Å². The molecule has 132 valence electrons. The van der Waals surface area contributed by atoms with E-state index in [9.17, 15) is 4.79 Å². The second kappa shape index (κ2) is 7.31. The molecule has 4 rings (SSSR count). The molecule has 0 unspecified atom stereocenters. The zero-order chi connectivity index (χ0) is 17.1. The van der Waals surface area contributed by atoms with Gasteiger partial charge in [-0.1, -0.05) is 12.2 Å². The predicted octanol–water partition coefficient (Wildman–Crippen LogP) is 1.38. The van der Waals surface area contributed by atoms with Gasteiger partial charge in [0.1, 0.15) is 5.52 Å². The molecule has 1 aliphatic heterocycles. The van der Waals surface area contributed by atoms with Crippen molar-refractivity contribution in [2.75, 3.05) is 19.6 Å². The van der Waals surface area contributed by atoms with E-state index >= 15 is 0 Å². The number of carbonyl (C=O) groups excluding carboxylic acids is 1. The normalized spacial score (nSPS) is 22.7. The van der Waals surface area contributed by atoms with Crippen LogP contribution in [0.2, 0.25) is 0 Å². The summed E-state index contributed by atoms with van der Waals surface area (Å²) >= 11 is 0. The Morgan fingerprint density at radius 1 is 1.32 bits per heavy atom. The number of hydrogen-bond acceptors (Lipinski definition) is 5. The van der Waals surface area contributed by atoms with Gasteiger partial charge in [-0.15, -0.1) is 0 Å². The molecule has 7 nitrogen and oxygen atoms in total. The van der Waals surface area contributed by atoms with Crippen LogP contribution in [0.5, 0.6) is 0 Å². The molecule has 1 fully saturated rings. The molecular weight excluding hydrogens is 316 g/mol. The molecule has 0 radical (unpaired) electrons. The van der Waals surface area contributed by atoms with Crippen molar-refractivity contribution in [1.82, 2.24) is 30.4 Å². The Kier molecular flexibility index (Phi) is 4.74. The first-order chi connectivity index (χ1) is 12.3. The lowest BCUT2D eigenvalue weighted by molar-refractivity contribution is -0.121. The van der Waals surface area contributed by atoms with Crippen molar-refractivity contribution in [3.05, 3.63) is 30.2 Å². The molecule has 0 saturated carbocycles. The summed E-state index contributed by atoms with van der Waals surface area (Å²) in [5.74, 6) is 0.904. The summed E-state index contributed by atoms with van der Waals surface area (Å²) in [6.07, 6.45) is 11.6. The molecule has 0 bridgehead atoms. The highest BCUT2D eigenvalue weighted by Crippen LogP contribution is 2.26. The maximum atomic E-state index is 12.1. The minimum atomic E-state index is 0.110. The van der Waals surface area contributed by atoms with E-state index in [1.165, 1.54) is 0 Å². The summed E-state index contributed by atoms with van der Waals surface area (Å²) in [6, 6.07) is 0. The van der Waals surface area contributed by atoms with E-state index in [1.807, 2.05) is 4.68 Å². The minimum absolute atomic E-state index is 0.110. The van der Waals surface area contributed by atoms with Gasteiger partial charge in [-0.05, 0) is 31.7 Å². The van der Waals surface area contributed by atoms with Crippen LogP contribution in [0.3, 0.4) is 0 Å². The molecule has 25 heavy (non-hydrogen) atoms. The van der Waals surface area contributed by atoms with E-state index in [4.69, 9.17) is 5.10 Å². The Morgan fingerprint density at radius 3 is 3.04 bits per heavy atom. The number of hydrogen-bond donors (Lipinski definition) is 2. The smallest absolute Gasteiger partial charge is 0.220 e. The van der Waals surface area contributed by atoms with Crippen molar-refractivity contribution >= 4 is 17.1 Å². The molecule has 2 atom stereocenters. The average Bonchev–Trinajstić information content (AvgIpc) is 3.36. The van der Waals surface area contributed by atoms with Gasteiger partial charge in [0, 0.05) is 37.8 Å². The number of nitrogens with one attached hydrogen (secondary N) is 2. The van der Waals surface area contributed by atoms with Gasteiger partial charge in [-0.2, -0.15) is 5.10 Å². The highest BCUT2D eigenvalue weighted by Gasteiger charge is 2.24. The molecule has 2 aliphatic rings. The molecule has 2 N–H and O–H groups in total. The largest absolute Gasteiger partial charge is 0.354 e. The third kappa shape index (κ3) is 3.56. The molecule has 0 aromatic carbocycles. The van der Waals surface area contributed by atoms with E-state index in [1.54, 1.807) is 12.4 Å². The van der Waals surface area contributed by atoms with Gasteiger partial charge >= 0.3 is 0 Å². The number of rotatable bonds is 6. The van der Waals surface area contributed by atoms with Crippen molar-refractivity contribution in [2.45, 2.75) is 38.1 Å². The zero-order valence-corrected chi connectivity index (χ0v) is 14.3. The maximum absolute atomic E-state index is 12.1. The van der Waals surface area contributed by atoms with Crippen LogP contribution in [0.4, 0.5) is 0 Å². The Balaban J connectivity index is 1.41. The molecule has 1 amide bonds. The van der Waals surface area contributed by atoms with Crippen LogP contribution < -0.4 is 10.6 Å². The van der Waals surface area contributed by atoms with E-state index in [0.717, 1.165) is 49.2 Å². The Morgan fingerprint density at radius 2 is 2.24 bits per heavy atom. The number of fused-ring (bicyclic) bond motifs is 1. The fourth-order valence-corrected chi connectivity index (χ4v) is 3.72. The number of nitrogens with zero attached hydrogens (tertiary/aromatic N) is 4. The quantitative estimate of drug-likeness (QED) is 0.776. The fraction of sp³-hybridized carbons (Fsp3) is 0.556. The van der Waals surface area contributed by atoms with Crippen LogP contribution in [0, 0.1) is 5.92 Å². The van der Waals surface area contributed by atoms with Crippen LogP contribution >= 0.6 is 0 Å². The van der Waals surface area contributed by atoms with Gasteiger partial charge in [0.15, 0.2) is 5.65 Å². The Labute approximate surface area is 146 Å². The number of allylic oxidation sites excluding steroid dienone is 2. The molecular formula is C18H24N6O. The van der Waals surface area contributed by atoms with Gasteiger partial charge in [0.05, 0.1) is 12.2 Å². The van der Waals surface area contributed by atoms with Gasteiger partial charge in [0.25, 0.3) is 0 Å². The SMILES string of the molecule is O=C(C[C@H]1C=CCC1)NCCn1nc([C@H]2CCNC2)c2nccnc21. The average molecular weight is 340 g/mol. The first-order valence-electron chi connectivity index (χ1n) is 9.13. The number of aromatic nitrogens is 4. The van der Waals surface area contributed by atoms with Crippen molar-refractivity contribution < 1.29 is 4.79 Å². The highest BCUT2D eigenvalue weighted by molar-refractivity contribution is 5.76. The molecule has 1 aliphatic carbocycles. The highest BCUT2D eigenvalue weighted by atomic mass is 16.1. The summed E-state index contributed by atoms with van der Waals surface area (Å²) in [7, 11) is 0. The minimum Gasteiger partial charge on any atom is -0.354 e. The van der Waals surface area contributed by atoms with Crippen LogP contribution in [0.15, 0.2) is 24.5 Å². The van der Waals surface area contributed by atoms with E-state index < -0.39 is 0 Å². The summed E-state index contributed by atoms with van der Waals surface area (Å²) in [5.41, 5.74) is 2.71. The van der Waals surface area contributed by atoms with Gasteiger partial charge in [0.2, 0.25) is 5.91 Å². The third-order valence-corrected chi connectivity index (χ3v) is 5.05. The van der Waals surface area contributed by atoms with Crippen LogP contribution in [0.25, 0.3) is 11.2 Å². The van der Waals surface area contributed by atoms with E-state index in [2.05, 4.69) is 32.8 Å². The zero-order valence-electron chi connectivity index (χ0n) is 14.3.